The van der Waals surface area contributed by atoms with Crippen LogP contribution in [0.25, 0.3) is 0 Å². The van der Waals surface area contributed by atoms with Crippen LogP contribution in [0, 0.1) is 11.7 Å². The maximum absolute atomic E-state index is 13.7. The fourth-order valence-electron chi connectivity index (χ4n) is 5.81. The second-order valence-electron chi connectivity index (χ2n) is 10.5. The van der Waals surface area contributed by atoms with Crippen LogP contribution in [-0.2, 0) is 14.4 Å². The molecule has 1 N–H and O–H groups in total. The molecule has 3 heterocycles. The summed E-state index contributed by atoms with van der Waals surface area (Å²) in [5.74, 6) is -0.783. The lowest BCUT2D eigenvalue weighted by Gasteiger charge is -2.37. The summed E-state index contributed by atoms with van der Waals surface area (Å²) in [5.41, 5.74) is 0.959. The number of ether oxygens (including phenoxy) is 1. The first kappa shape index (κ1) is 27.9. The summed E-state index contributed by atoms with van der Waals surface area (Å²) in [7, 11) is 0. The molecule has 0 bridgehead atoms. The minimum atomic E-state index is -0.567. The molecule has 3 saturated heterocycles. The lowest BCUT2D eigenvalue weighted by Crippen LogP contribution is -2.59. The second kappa shape index (κ2) is 11.8. The Hall–Kier alpha value is -3.66. The third-order valence-corrected chi connectivity index (χ3v) is 8.32. The largest absolute Gasteiger partial charge is 0.415 e. The zero-order valence-corrected chi connectivity index (χ0v) is 23.0. The van der Waals surface area contributed by atoms with Crippen molar-refractivity contribution in [1.29, 1.82) is 0 Å². The maximum atomic E-state index is 13.7. The SMILES string of the molecule is CCN(C(=O)Oc1ccc(F)cc1)[C@@H]1CN(C(=O)C2CCN(C(=O)[C@@H]3CC(=O)N3)CC2)C[C@H]1c1ccc(Cl)cc1. The molecule has 0 radical (unpaired) electrons. The Bertz CT molecular complexity index is 1260. The van der Waals surface area contributed by atoms with Gasteiger partial charge in [0.05, 0.1) is 12.5 Å². The lowest BCUT2D eigenvalue weighted by molar-refractivity contribution is -0.146. The molecule has 3 atom stereocenters. The highest BCUT2D eigenvalue weighted by atomic mass is 35.5. The van der Waals surface area contributed by atoms with Crippen LogP contribution in [0.4, 0.5) is 9.18 Å². The van der Waals surface area contributed by atoms with Crippen molar-refractivity contribution in [2.24, 2.45) is 5.92 Å². The quantitative estimate of drug-likeness (QED) is 0.537. The third-order valence-electron chi connectivity index (χ3n) is 8.07. The van der Waals surface area contributed by atoms with Crippen molar-refractivity contribution in [3.63, 3.8) is 0 Å². The predicted octanol–water partition coefficient (Wildman–Crippen LogP) is 3.42. The van der Waals surface area contributed by atoms with E-state index in [1.807, 2.05) is 24.0 Å². The van der Waals surface area contributed by atoms with Gasteiger partial charge in [0.15, 0.2) is 0 Å². The van der Waals surface area contributed by atoms with Gasteiger partial charge in [0.1, 0.15) is 17.6 Å². The van der Waals surface area contributed by atoms with Gasteiger partial charge in [-0.15, -0.1) is 0 Å². The first-order valence-corrected chi connectivity index (χ1v) is 14.0. The van der Waals surface area contributed by atoms with E-state index in [1.165, 1.54) is 24.3 Å². The number of halogens is 2. The average molecular weight is 571 g/mol. The summed E-state index contributed by atoms with van der Waals surface area (Å²) in [5, 5.41) is 3.21. The van der Waals surface area contributed by atoms with Crippen LogP contribution < -0.4 is 10.1 Å². The van der Waals surface area contributed by atoms with Crippen LogP contribution in [0.1, 0.15) is 37.7 Å². The van der Waals surface area contributed by atoms with Crippen LogP contribution in [0.5, 0.6) is 5.75 Å². The fourth-order valence-corrected chi connectivity index (χ4v) is 5.94. The summed E-state index contributed by atoms with van der Waals surface area (Å²) >= 11 is 6.13. The molecule has 0 spiro atoms. The number of carbonyl (C=O) groups is 4. The van der Waals surface area contributed by atoms with Crippen molar-refractivity contribution in [1.82, 2.24) is 20.0 Å². The number of piperidine rings is 1. The molecule has 0 unspecified atom stereocenters. The number of hydrogen-bond donors (Lipinski definition) is 1. The summed E-state index contributed by atoms with van der Waals surface area (Å²) in [6.45, 7) is 3.90. The van der Waals surface area contributed by atoms with Crippen LogP contribution in [0.15, 0.2) is 48.5 Å². The molecule has 0 saturated carbocycles. The van der Waals surface area contributed by atoms with Gasteiger partial charge >= 0.3 is 6.09 Å². The van der Waals surface area contributed by atoms with Crippen LogP contribution >= 0.6 is 11.6 Å². The first-order valence-electron chi connectivity index (χ1n) is 13.6. The first-order chi connectivity index (χ1) is 19.2. The molecule has 3 aliphatic rings. The highest BCUT2D eigenvalue weighted by Gasteiger charge is 2.44. The Balaban J connectivity index is 1.28. The topological polar surface area (TPSA) is 99.3 Å². The van der Waals surface area contributed by atoms with E-state index in [9.17, 15) is 23.6 Å². The molecule has 2 aromatic carbocycles. The van der Waals surface area contributed by atoms with Crippen molar-refractivity contribution in [3.05, 3.63) is 64.9 Å². The number of nitrogens with zero attached hydrogens (tertiary/aromatic N) is 3. The van der Waals surface area contributed by atoms with Gasteiger partial charge in [-0.2, -0.15) is 0 Å². The standard InChI is InChI=1S/C29H32ClFN4O5/c1-2-35(29(39)40-22-9-7-21(31)8-10-22)25-17-34(16-23(25)18-3-5-20(30)6-4-18)27(37)19-11-13-33(14-12-19)28(38)24-15-26(36)32-24/h3-10,19,23-25H,2,11-17H2,1H3,(H,32,36)/t23-,24-,25+/m0/s1. The van der Waals surface area contributed by atoms with Gasteiger partial charge in [-0.25, -0.2) is 9.18 Å². The molecule has 3 fully saturated rings. The number of amides is 4. The lowest BCUT2D eigenvalue weighted by atomic mass is 9.93. The molecule has 9 nitrogen and oxygen atoms in total. The average Bonchev–Trinajstić information content (AvgIpc) is 3.37. The minimum Gasteiger partial charge on any atom is -0.410 e. The van der Waals surface area contributed by atoms with Gasteiger partial charge in [0.25, 0.3) is 0 Å². The third kappa shape index (κ3) is 5.91. The van der Waals surface area contributed by atoms with Gasteiger partial charge < -0.3 is 24.8 Å². The van der Waals surface area contributed by atoms with E-state index in [1.54, 1.807) is 21.9 Å². The number of benzene rings is 2. The zero-order chi connectivity index (χ0) is 28.4. The second-order valence-corrected chi connectivity index (χ2v) is 10.9. The molecule has 40 heavy (non-hydrogen) atoms. The van der Waals surface area contributed by atoms with Crippen molar-refractivity contribution in [2.75, 3.05) is 32.7 Å². The summed E-state index contributed by atoms with van der Waals surface area (Å²) in [4.78, 5) is 55.8. The summed E-state index contributed by atoms with van der Waals surface area (Å²) in [6, 6.07) is 11.9. The van der Waals surface area contributed by atoms with E-state index >= 15 is 0 Å². The number of hydrogen-bond acceptors (Lipinski definition) is 5. The monoisotopic (exact) mass is 570 g/mol. The van der Waals surface area contributed by atoms with Crippen molar-refractivity contribution < 1.29 is 28.3 Å². The van der Waals surface area contributed by atoms with Crippen molar-refractivity contribution >= 4 is 35.4 Å². The smallest absolute Gasteiger partial charge is 0.410 e. The van der Waals surface area contributed by atoms with E-state index in [-0.39, 0.29) is 47.8 Å². The Kier molecular flexibility index (Phi) is 8.25. The fraction of sp³-hybridized carbons (Fsp3) is 0.448. The van der Waals surface area contributed by atoms with Crippen LogP contribution in [-0.4, -0.2) is 83.3 Å². The van der Waals surface area contributed by atoms with Gasteiger partial charge in [0.2, 0.25) is 17.7 Å². The molecule has 4 amide bonds. The van der Waals surface area contributed by atoms with Crippen molar-refractivity contribution in [3.8, 4) is 5.75 Å². The van der Waals surface area contributed by atoms with Crippen molar-refractivity contribution in [2.45, 2.75) is 44.2 Å². The molecular weight excluding hydrogens is 539 g/mol. The summed E-state index contributed by atoms with van der Waals surface area (Å²) < 4.78 is 18.9. The Morgan fingerprint density at radius 2 is 1.65 bits per heavy atom. The maximum Gasteiger partial charge on any atom is 0.415 e. The highest BCUT2D eigenvalue weighted by molar-refractivity contribution is 6.30. The number of likely N-dealkylation sites (tertiary alicyclic amines) is 2. The van der Waals surface area contributed by atoms with Gasteiger partial charge in [-0.1, -0.05) is 23.7 Å². The Morgan fingerprint density at radius 1 is 1.00 bits per heavy atom. The van der Waals surface area contributed by atoms with Gasteiger partial charge in [-0.3, -0.25) is 14.4 Å². The minimum absolute atomic E-state index is 0.00784. The molecule has 2 aromatic rings. The molecule has 11 heteroatoms. The molecule has 0 aromatic heterocycles. The van der Waals surface area contributed by atoms with E-state index in [0.717, 1.165) is 5.56 Å². The summed E-state index contributed by atoms with van der Waals surface area (Å²) in [6.07, 6.45) is 0.739. The normalized spacial score (nSPS) is 22.9. The molecular formula is C29H32ClFN4O5. The predicted molar refractivity (Wildman–Crippen MR) is 145 cm³/mol. The highest BCUT2D eigenvalue weighted by Crippen LogP contribution is 2.34. The van der Waals surface area contributed by atoms with Gasteiger partial charge in [-0.05, 0) is 61.7 Å². The molecule has 3 aliphatic heterocycles. The zero-order valence-electron chi connectivity index (χ0n) is 22.2. The molecule has 212 valence electrons. The molecule has 0 aliphatic carbocycles. The number of likely N-dealkylation sites (N-methyl/N-ethyl adjacent to an activating group) is 1. The van der Waals surface area contributed by atoms with Crippen LogP contribution in [0.3, 0.4) is 0 Å². The number of β-lactam (4-membered cyclic amide) rings is 1. The van der Waals surface area contributed by atoms with E-state index in [2.05, 4.69) is 5.32 Å². The number of nitrogens with one attached hydrogen (secondary N) is 1. The molecule has 5 rings (SSSR count). The van der Waals surface area contributed by atoms with Crippen LogP contribution in [0.2, 0.25) is 5.02 Å². The van der Waals surface area contributed by atoms with E-state index < -0.39 is 18.0 Å². The Morgan fingerprint density at radius 3 is 2.25 bits per heavy atom. The number of rotatable bonds is 6. The van der Waals surface area contributed by atoms with E-state index in [0.29, 0.717) is 50.6 Å². The number of carbonyl (C=O) groups excluding carboxylic acids is 4. The van der Waals surface area contributed by atoms with Gasteiger partial charge in [0, 0.05) is 49.6 Å². The Labute approximate surface area is 237 Å². The van der Waals surface area contributed by atoms with E-state index in [4.69, 9.17) is 16.3 Å².